The van der Waals surface area contributed by atoms with Crippen molar-refractivity contribution in [3.8, 4) is 0 Å². The van der Waals surface area contributed by atoms with Crippen molar-refractivity contribution in [1.29, 1.82) is 0 Å². The van der Waals surface area contributed by atoms with E-state index in [0.29, 0.717) is 30.1 Å². The van der Waals surface area contributed by atoms with E-state index in [1.807, 2.05) is 0 Å². The number of hydrogen-bond acceptors (Lipinski definition) is 13. The number of piperidine rings is 5. The van der Waals surface area contributed by atoms with Crippen molar-refractivity contribution in [3.05, 3.63) is 0 Å². The lowest BCUT2D eigenvalue weighted by molar-refractivity contribution is -0.0591. The van der Waals surface area contributed by atoms with E-state index in [2.05, 4.69) is 343 Å². The first-order valence-electron chi connectivity index (χ1n) is 56.5. The molecule has 13 nitrogen and oxygen atoms in total. The first kappa shape index (κ1) is 122. The van der Waals surface area contributed by atoms with Gasteiger partial charge in [0, 0.05) is 155 Å². The highest BCUT2D eigenvalue weighted by Crippen LogP contribution is 2.44. The summed E-state index contributed by atoms with van der Waals surface area (Å²) in [7, 11) is 0. The van der Waals surface area contributed by atoms with Crippen LogP contribution in [0.15, 0.2) is 0 Å². The Kier molecular flexibility index (Phi) is 60.8. The third-order valence-corrected chi connectivity index (χ3v) is 33.6. The zero-order valence-electron chi connectivity index (χ0n) is 94.7. The Balaban J connectivity index is 0.000000367. The summed E-state index contributed by atoms with van der Waals surface area (Å²) in [5, 5.41) is 3.65. The summed E-state index contributed by atoms with van der Waals surface area (Å²) in [5.41, 5.74) is 0. The molecule has 13 heteroatoms. The number of nitrogens with one attached hydrogen (secondary N) is 1. The highest BCUT2D eigenvalue weighted by molar-refractivity contribution is 4.99. The Hall–Kier alpha value is -0.520. The molecule has 12 fully saturated rings. The molecule has 0 saturated carbocycles. The number of hydrogen-bond donors (Lipinski definition) is 1. The predicted molar refractivity (Wildman–Crippen MR) is 571 cm³/mol. The second-order valence-corrected chi connectivity index (χ2v) is 50.0. The summed E-state index contributed by atoms with van der Waals surface area (Å²) in [6.45, 7) is 118. The molecule has 12 heterocycles. The summed E-state index contributed by atoms with van der Waals surface area (Å²) >= 11 is 0. The lowest BCUT2D eigenvalue weighted by Gasteiger charge is -2.42. The van der Waals surface area contributed by atoms with Crippen LogP contribution < -0.4 is 5.32 Å². The molecule has 0 aliphatic carbocycles. The van der Waals surface area contributed by atoms with E-state index in [1.165, 1.54) is 239 Å². The van der Waals surface area contributed by atoms with Gasteiger partial charge in [-0.1, -0.05) is 125 Å². The van der Waals surface area contributed by atoms with E-state index in [4.69, 9.17) is 4.74 Å². The second kappa shape index (κ2) is 63.9. The molecule has 0 aromatic rings. The molecule has 10 atom stereocenters. The van der Waals surface area contributed by atoms with Crippen molar-refractivity contribution in [1.82, 2.24) is 59.2 Å². The zero-order chi connectivity index (χ0) is 96.7. The van der Waals surface area contributed by atoms with E-state index in [-0.39, 0.29) is 0 Å². The van der Waals surface area contributed by atoms with Crippen LogP contribution >= 0.6 is 0 Å². The van der Waals surface area contributed by atoms with Gasteiger partial charge in [-0.15, -0.1) is 0 Å². The normalized spacial score (nSPS) is 28.5. The van der Waals surface area contributed by atoms with Gasteiger partial charge in [-0.05, 0) is 455 Å². The van der Waals surface area contributed by atoms with Gasteiger partial charge in [0.25, 0.3) is 0 Å². The Morgan fingerprint density at radius 1 is 0.250 bits per heavy atom. The molecular weight excluding hydrogens is 1570 g/mol. The first-order chi connectivity index (χ1) is 59.9. The van der Waals surface area contributed by atoms with Gasteiger partial charge in [0.1, 0.15) is 0 Å². The molecule has 12 aliphatic heterocycles. The SMILES string of the molecule is CC(C)C1CC2CCC(C1)N2C(C)C.CC(C)C1CC2CCC(C1)N2C(C)C.CC(C)C1CCCN(C(C)C)CC1.CC(C)C1CCN(C(C)C)C(C)C1.CC(C)C1CCN(C(C)C)C1.CC(C)C1CCN(C(C)C)CC1.CC(C)C1CN(C(C)C)CCO1.CC(C)CC1CCN(C(C)C)CC1.CC(C)N1CCN(C(C)C)CC1.CC(C)NC1CCCN(C(C)C)CC1. The molecule has 0 aromatic heterocycles. The van der Waals surface area contributed by atoms with Crippen LogP contribution in [0.4, 0.5) is 0 Å². The van der Waals surface area contributed by atoms with E-state index in [0.717, 1.165) is 193 Å². The quantitative estimate of drug-likeness (QED) is 0.112. The maximum Gasteiger partial charge on any atom is 0.0725 e. The maximum absolute atomic E-state index is 5.68. The molecule has 0 spiro atoms. The summed E-state index contributed by atoms with van der Waals surface area (Å²) in [5.74, 6) is 13.7. The van der Waals surface area contributed by atoms with Gasteiger partial charge < -0.3 is 34.6 Å². The highest BCUT2D eigenvalue weighted by Gasteiger charge is 2.44. The van der Waals surface area contributed by atoms with Gasteiger partial charge in [-0.25, -0.2) is 0 Å². The Morgan fingerprint density at radius 3 is 0.875 bits per heavy atom. The predicted octanol–water partition coefficient (Wildman–Crippen LogP) is 26.6. The fourth-order valence-electron chi connectivity index (χ4n) is 24.1. The summed E-state index contributed by atoms with van der Waals surface area (Å²) < 4.78 is 5.68. The number of nitrogens with zero attached hydrogens (tertiary/aromatic N) is 11. The van der Waals surface area contributed by atoms with Crippen LogP contribution in [-0.4, -0.2) is 287 Å². The topological polar surface area (TPSA) is 56.9 Å². The van der Waals surface area contributed by atoms with Crippen LogP contribution in [0.3, 0.4) is 0 Å². The van der Waals surface area contributed by atoms with Gasteiger partial charge in [-0.2, -0.15) is 0 Å². The largest absolute Gasteiger partial charge is 0.375 e. The molecule has 0 radical (unpaired) electrons. The van der Waals surface area contributed by atoms with Crippen LogP contribution in [0.1, 0.15) is 425 Å². The molecule has 764 valence electrons. The van der Waals surface area contributed by atoms with Gasteiger partial charge in [0.05, 0.1) is 12.7 Å². The van der Waals surface area contributed by atoms with Gasteiger partial charge in [-0.3, -0.25) is 29.4 Å². The number of piperazine rings is 1. The molecular formula is C115H238N12O. The third-order valence-electron chi connectivity index (χ3n) is 33.6. The number of likely N-dealkylation sites (tertiary alicyclic amines) is 6. The highest BCUT2D eigenvalue weighted by atomic mass is 16.5. The van der Waals surface area contributed by atoms with Gasteiger partial charge in [0.15, 0.2) is 0 Å². The minimum atomic E-state index is 0.446. The molecule has 10 unspecified atom stereocenters. The van der Waals surface area contributed by atoms with Crippen LogP contribution in [0.25, 0.3) is 0 Å². The molecule has 1 N–H and O–H groups in total. The molecule has 4 bridgehead atoms. The molecule has 12 aliphatic rings. The van der Waals surface area contributed by atoms with Crippen LogP contribution in [0.5, 0.6) is 0 Å². The monoisotopic (exact) mass is 1800 g/mol. The van der Waals surface area contributed by atoms with Crippen molar-refractivity contribution in [3.63, 3.8) is 0 Å². The van der Waals surface area contributed by atoms with Crippen molar-refractivity contribution < 1.29 is 4.74 Å². The van der Waals surface area contributed by atoms with E-state index >= 15 is 0 Å². The average molecular weight is 1810 g/mol. The minimum Gasteiger partial charge on any atom is -0.375 e. The number of fused-ring (bicyclic) bond motifs is 4. The Labute approximate surface area is 805 Å². The van der Waals surface area contributed by atoms with E-state index in [9.17, 15) is 0 Å². The number of ether oxygens (including phenoxy) is 1. The van der Waals surface area contributed by atoms with Crippen molar-refractivity contribution in [2.24, 2.45) is 88.8 Å². The van der Waals surface area contributed by atoms with E-state index in [1.54, 1.807) is 0 Å². The van der Waals surface area contributed by atoms with Crippen LogP contribution in [-0.2, 0) is 4.74 Å². The fraction of sp³-hybridized carbons (Fsp3) is 1.00. The van der Waals surface area contributed by atoms with Gasteiger partial charge >= 0.3 is 0 Å². The lowest BCUT2D eigenvalue weighted by atomic mass is 9.82. The Bertz CT molecular complexity index is 2460. The number of morpholine rings is 1. The standard InChI is InChI=1S/2C13H25N.C12H26N2.3C12H25N.C11H23N.C10H22N2.C10H21NO.C10H21N/c2*1-9(2)11-7-12-5-6-13(8-11)14(12)10(3)4;1-10(2)13-12-6-5-8-14(9-7-12)11(3)4;1-9(2)12-6-7-13(10(3)4)11(5)8-12;1-10(2)9-12-5-7-13(8-6-12)11(3)4;1-10(2)12-6-5-8-13(9-7-12)11(3)4;2*1-9(2)11-5-7-12(8-6-11)10(3)4;1-8(2)10-7-11(9(3)4)5-6-12-10;1-8(2)10-5-6-11(7-10)9(3)4/h2*9-13H,5-8H2,1-4H3;10-13H,5-9H2,1-4H3;9-12H,6-8H2,1-5H3;2*10-12H,5-9H2,1-4H3;9-11H,5-8H2,1-4H3;9-10H,5-8H2,1-4H3;8-10H,5-7H2,1-4H3;8-10H,5-7H2,1-4H3. The van der Waals surface area contributed by atoms with Crippen LogP contribution in [0, 0.1) is 88.8 Å². The zero-order valence-corrected chi connectivity index (χ0v) is 94.7. The van der Waals surface area contributed by atoms with Crippen molar-refractivity contribution in [2.75, 3.05) is 118 Å². The molecule has 12 rings (SSSR count). The lowest BCUT2D eigenvalue weighted by Crippen LogP contribution is -2.50. The first-order valence-corrected chi connectivity index (χ1v) is 56.5. The smallest absolute Gasteiger partial charge is 0.0725 e. The maximum atomic E-state index is 5.68. The van der Waals surface area contributed by atoms with Crippen molar-refractivity contribution in [2.45, 2.75) is 540 Å². The average Bonchev–Trinajstić information content (AvgIpc) is 1.64. The summed E-state index contributed by atoms with van der Waals surface area (Å²) in [6, 6.07) is 13.9. The van der Waals surface area contributed by atoms with Gasteiger partial charge in [0.2, 0.25) is 0 Å². The van der Waals surface area contributed by atoms with Crippen LogP contribution in [0.2, 0.25) is 0 Å². The third kappa shape index (κ3) is 46.1. The second-order valence-electron chi connectivity index (χ2n) is 50.0. The molecule has 0 aromatic carbocycles. The molecule has 128 heavy (non-hydrogen) atoms. The minimum absolute atomic E-state index is 0.446. The van der Waals surface area contributed by atoms with Crippen molar-refractivity contribution >= 4 is 0 Å². The van der Waals surface area contributed by atoms with E-state index < -0.39 is 0 Å². The summed E-state index contributed by atoms with van der Waals surface area (Å²) in [4.78, 5) is 28.8. The molecule has 12 saturated heterocycles. The molecule has 0 amide bonds. The number of rotatable bonds is 22. The fourth-order valence-corrected chi connectivity index (χ4v) is 24.1. The Morgan fingerprint density at radius 2 is 0.562 bits per heavy atom. The summed E-state index contributed by atoms with van der Waals surface area (Å²) in [6.07, 6.45) is 31.8.